The highest BCUT2D eigenvalue weighted by Gasteiger charge is 2.16. The van der Waals surface area contributed by atoms with E-state index in [4.69, 9.17) is 26.2 Å². The van der Waals surface area contributed by atoms with E-state index < -0.39 is 0 Å². The lowest BCUT2D eigenvalue weighted by atomic mass is 10.1. The summed E-state index contributed by atoms with van der Waals surface area (Å²) in [5.74, 6) is 1.65. The summed E-state index contributed by atoms with van der Waals surface area (Å²) in [7, 11) is 3.18. The molecule has 3 heterocycles. The molecule has 0 amide bonds. The van der Waals surface area contributed by atoms with Gasteiger partial charge in [0, 0.05) is 27.9 Å². The van der Waals surface area contributed by atoms with Crippen molar-refractivity contribution >= 4 is 34.0 Å². The van der Waals surface area contributed by atoms with E-state index in [2.05, 4.69) is 10.1 Å². The van der Waals surface area contributed by atoms with E-state index in [9.17, 15) is 4.79 Å². The number of thiazole rings is 1. The molecule has 0 radical (unpaired) electrons. The zero-order valence-corrected chi connectivity index (χ0v) is 21.9. The molecule has 0 atom stereocenters. The van der Waals surface area contributed by atoms with Crippen molar-refractivity contribution in [3.05, 3.63) is 104 Å². The second-order valence-corrected chi connectivity index (χ2v) is 9.78. The molecule has 0 spiro atoms. The van der Waals surface area contributed by atoms with Gasteiger partial charge in [0.25, 0.3) is 5.56 Å². The van der Waals surface area contributed by atoms with Crippen LogP contribution in [0.2, 0.25) is 5.02 Å². The SMILES string of the molecule is COc1ccc(-c2nn(-c3ccccc3)cc2/C=c2\sc3nc(-c4cccc(Cl)c4)nn3c2=O)cc1OC. The molecule has 8 nitrogen and oxygen atoms in total. The van der Waals surface area contributed by atoms with Crippen LogP contribution in [0.4, 0.5) is 0 Å². The lowest BCUT2D eigenvalue weighted by Crippen LogP contribution is -2.23. The van der Waals surface area contributed by atoms with Crippen LogP contribution in [0, 0.1) is 0 Å². The topological polar surface area (TPSA) is 83.5 Å². The number of hydrogen-bond donors (Lipinski definition) is 0. The Morgan fingerprint density at radius 1 is 0.895 bits per heavy atom. The molecule has 0 N–H and O–H groups in total. The first-order valence-electron chi connectivity index (χ1n) is 11.6. The number of aromatic nitrogens is 5. The van der Waals surface area contributed by atoms with Crippen LogP contribution in [-0.4, -0.2) is 38.6 Å². The average molecular weight is 542 g/mol. The summed E-state index contributed by atoms with van der Waals surface area (Å²) in [4.78, 5) is 18.4. The lowest BCUT2D eigenvalue weighted by Gasteiger charge is -2.09. The van der Waals surface area contributed by atoms with Crippen LogP contribution in [0.15, 0.2) is 83.8 Å². The number of nitrogens with zero attached hydrogens (tertiary/aromatic N) is 5. The first kappa shape index (κ1) is 23.9. The zero-order valence-electron chi connectivity index (χ0n) is 20.3. The summed E-state index contributed by atoms with van der Waals surface area (Å²) in [6, 6.07) is 22.6. The Kier molecular flexibility index (Phi) is 6.15. The van der Waals surface area contributed by atoms with Gasteiger partial charge < -0.3 is 9.47 Å². The fourth-order valence-electron chi connectivity index (χ4n) is 4.14. The molecule has 0 bridgehead atoms. The van der Waals surface area contributed by atoms with Crippen molar-refractivity contribution in [2.45, 2.75) is 0 Å². The van der Waals surface area contributed by atoms with Gasteiger partial charge >= 0.3 is 0 Å². The molecule has 0 aliphatic heterocycles. The van der Waals surface area contributed by atoms with Crippen molar-refractivity contribution in [3.63, 3.8) is 0 Å². The van der Waals surface area contributed by atoms with E-state index in [1.807, 2.05) is 72.9 Å². The maximum atomic E-state index is 13.3. The van der Waals surface area contributed by atoms with Crippen LogP contribution >= 0.6 is 22.9 Å². The Morgan fingerprint density at radius 3 is 2.45 bits per heavy atom. The Morgan fingerprint density at radius 2 is 1.71 bits per heavy atom. The van der Waals surface area contributed by atoms with Gasteiger partial charge in [-0.25, -0.2) is 4.68 Å². The number of fused-ring (bicyclic) bond motifs is 1. The quantitative estimate of drug-likeness (QED) is 0.298. The lowest BCUT2D eigenvalue weighted by molar-refractivity contribution is 0.355. The van der Waals surface area contributed by atoms with E-state index >= 15 is 0 Å². The van der Waals surface area contributed by atoms with Gasteiger partial charge in [0.1, 0.15) is 5.69 Å². The highest BCUT2D eigenvalue weighted by Crippen LogP contribution is 2.33. The molecule has 0 saturated carbocycles. The molecule has 38 heavy (non-hydrogen) atoms. The maximum absolute atomic E-state index is 13.3. The van der Waals surface area contributed by atoms with Crippen molar-refractivity contribution < 1.29 is 9.47 Å². The maximum Gasteiger partial charge on any atom is 0.291 e. The van der Waals surface area contributed by atoms with Crippen molar-refractivity contribution in [1.82, 2.24) is 24.4 Å². The third-order valence-electron chi connectivity index (χ3n) is 5.97. The van der Waals surface area contributed by atoms with Crippen LogP contribution < -0.4 is 19.6 Å². The molecule has 0 aliphatic rings. The van der Waals surface area contributed by atoms with Gasteiger partial charge in [-0.1, -0.05) is 53.3 Å². The number of rotatable bonds is 6. The zero-order chi connectivity index (χ0) is 26.2. The molecule has 10 heteroatoms. The fourth-order valence-corrected chi connectivity index (χ4v) is 5.23. The van der Waals surface area contributed by atoms with Crippen LogP contribution in [-0.2, 0) is 0 Å². The monoisotopic (exact) mass is 541 g/mol. The van der Waals surface area contributed by atoms with Gasteiger partial charge in [-0.2, -0.15) is 14.6 Å². The molecular formula is C28H20ClN5O3S. The molecule has 3 aromatic heterocycles. The van der Waals surface area contributed by atoms with Gasteiger partial charge in [0.05, 0.1) is 24.4 Å². The molecule has 0 fully saturated rings. The second-order valence-electron chi connectivity index (χ2n) is 8.34. The first-order chi connectivity index (χ1) is 18.5. The Balaban J connectivity index is 1.49. The van der Waals surface area contributed by atoms with Crippen LogP contribution in [0.3, 0.4) is 0 Å². The number of halogens is 1. The van der Waals surface area contributed by atoms with Crippen LogP contribution in [0.1, 0.15) is 5.56 Å². The number of benzene rings is 3. The molecule has 0 unspecified atom stereocenters. The Hall–Kier alpha value is -4.47. The first-order valence-corrected chi connectivity index (χ1v) is 12.8. The normalized spacial score (nSPS) is 11.8. The largest absolute Gasteiger partial charge is 0.493 e. The van der Waals surface area contributed by atoms with E-state index in [0.717, 1.165) is 22.4 Å². The van der Waals surface area contributed by atoms with E-state index in [1.165, 1.54) is 15.9 Å². The standard InChI is InChI=1S/C28H20ClN5O3S/c1-36-22-12-11-17(14-23(22)37-2)25-19(16-33(31-25)21-9-4-3-5-10-21)15-24-27(35)34-28(38-24)30-26(32-34)18-7-6-8-20(29)13-18/h3-16H,1-2H3/b24-15-. The second kappa shape index (κ2) is 9.77. The van der Waals surface area contributed by atoms with Crippen molar-refractivity contribution in [2.24, 2.45) is 0 Å². The summed E-state index contributed by atoms with van der Waals surface area (Å²) in [5.41, 5.74) is 3.66. The molecule has 3 aromatic carbocycles. The summed E-state index contributed by atoms with van der Waals surface area (Å²) in [6.45, 7) is 0. The Labute approximate surface area is 226 Å². The molecule has 0 aliphatic carbocycles. The molecule has 6 rings (SSSR count). The molecular weight excluding hydrogens is 522 g/mol. The van der Waals surface area contributed by atoms with Crippen molar-refractivity contribution in [1.29, 1.82) is 0 Å². The third-order valence-corrected chi connectivity index (χ3v) is 7.17. The summed E-state index contributed by atoms with van der Waals surface area (Å²) in [6.07, 6.45) is 3.72. The van der Waals surface area contributed by atoms with Crippen molar-refractivity contribution in [3.8, 4) is 39.8 Å². The number of hydrogen-bond acceptors (Lipinski definition) is 7. The summed E-state index contributed by atoms with van der Waals surface area (Å²) >= 11 is 7.38. The van der Waals surface area contributed by atoms with E-state index in [-0.39, 0.29) is 5.56 Å². The number of para-hydroxylation sites is 1. The number of methoxy groups -OCH3 is 2. The minimum atomic E-state index is -0.253. The van der Waals surface area contributed by atoms with Crippen LogP contribution in [0.25, 0.3) is 39.4 Å². The average Bonchev–Trinajstić information content (AvgIpc) is 3.64. The van der Waals surface area contributed by atoms with Gasteiger partial charge in [-0.3, -0.25) is 4.79 Å². The minimum Gasteiger partial charge on any atom is -0.493 e. The molecule has 0 saturated heterocycles. The number of ether oxygens (including phenoxy) is 2. The molecule has 6 aromatic rings. The smallest absolute Gasteiger partial charge is 0.291 e. The third kappa shape index (κ3) is 4.31. The van der Waals surface area contributed by atoms with E-state index in [0.29, 0.717) is 37.5 Å². The van der Waals surface area contributed by atoms with Gasteiger partial charge in [-0.15, -0.1) is 5.10 Å². The van der Waals surface area contributed by atoms with Gasteiger partial charge in [-0.05, 0) is 48.5 Å². The summed E-state index contributed by atoms with van der Waals surface area (Å²) in [5, 5.41) is 9.87. The predicted molar refractivity (Wildman–Crippen MR) is 148 cm³/mol. The molecule has 188 valence electrons. The van der Waals surface area contributed by atoms with Gasteiger partial charge in [0.15, 0.2) is 17.3 Å². The predicted octanol–water partition coefficient (Wildman–Crippen LogP) is 4.89. The Bertz CT molecular complexity index is 1900. The summed E-state index contributed by atoms with van der Waals surface area (Å²) < 4.78 is 14.5. The highest BCUT2D eigenvalue weighted by molar-refractivity contribution is 7.15. The van der Waals surface area contributed by atoms with Crippen molar-refractivity contribution in [2.75, 3.05) is 14.2 Å². The van der Waals surface area contributed by atoms with Gasteiger partial charge in [0.2, 0.25) is 4.96 Å². The van der Waals surface area contributed by atoms with E-state index in [1.54, 1.807) is 31.0 Å². The fraction of sp³-hybridized carbons (Fsp3) is 0.0714. The highest BCUT2D eigenvalue weighted by atomic mass is 35.5. The minimum absolute atomic E-state index is 0.253. The van der Waals surface area contributed by atoms with Crippen LogP contribution in [0.5, 0.6) is 11.5 Å².